The van der Waals surface area contributed by atoms with Crippen molar-refractivity contribution in [2.24, 2.45) is 11.8 Å². The lowest BCUT2D eigenvalue weighted by molar-refractivity contribution is 0.290. The monoisotopic (exact) mass is 297 g/mol. The Kier molecular flexibility index (Phi) is 6.18. The third kappa shape index (κ3) is 5.02. The number of hydrogen-bond acceptors (Lipinski definition) is 5. The molecule has 1 aliphatic rings. The van der Waals surface area contributed by atoms with Crippen LogP contribution in [0.25, 0.3) is 0 Å². The number of anilines is 1. The Morgan fingerprint density at radius 3 is 3.05 bits per heavy atom. The van der Waals surface area contributed by atoms with Crippen molar-refractivity contribution in [3.05, 3.63) is 23.9 Å². The summed E-state index contributed by atoms with van der Waals surface area (Å²) in [6, 6.07) is 10.4. The fourth-order valence-corrected chi connectivity index (χ4v) is 2.88. The largest absolute Gasteiger partial charge is 0.370 e. The quantitative estimate of drug-likeness (QED) is 0.837. The molecule has 0 radical (unpaired) electrons. The second kappa shape index (κ2) is 8.36. The van der Waals surface area contributed by atoms with E-state index in [1.54, 1.807) is 0 Å². The molecule has 116 valence electrons. The fraction of sp³-hybridized carbons (Fsp3) is 0.588. The first kappa shape index (κ1) is 16.3. The lowest BCUT2D eigenvalue weighted by Gasteiger charge is -2.19. The molecule has 0 amide bonds. The number of hydrogen-bond donors (Lipinski definition) is 1. The van der Waals surface area contributed by atoms with Gasteiger partial charge in [-0.25, -0.2) is 4.98 Å². The summed E-state index contributed by atoms with van der Waals surface area (Å²) in [7, 11) is 0. The molecular formula is C17H23N5. The molecule has 1 N–H and O–H groups in total. The van der Waals surface area contributed by atoms with Gasteiger partial charge in [-0.3, -0.25) is 0 Å². The number of aryl methyl sites for hydroxylation is 1. The molecule has 2 rings (SSSR count). The van der Waals surface area contributed by atoms with Gasteiger partial charge in [-0.1, -0.05) is 6.07 Å². The van der Waals surface area contributed by atoms with E-state index in [1.165, 1.54) is 0 Å². The zero-order valence-electron chi connectivity index (χ0n) is 13.1. The highest BCUT2D eigenvalue weighted by Gasteiger charge is 2.24. The van der Waals surface area contributed by atoms with E-state index in [9.17, 15) is 0 Å². The predicted molar refractivity (Wildman–Crippen MR) is 86.0 cm³/mol. The Hall–Kier alpha value is -2.11. The summed E-state index contributed by atoms with van der Waals surface area (Å²) >= 11 is 0. The van der Waals surface area contributed by atoms with Gasteiger partial charge in [-0.05, 0) is 44.4 Å². The van der Waals surface area contributed by atoms with Crippen molar-refractivity contribution < 1.29 is 0 Å². The highest BCUT2D eigenvalue weighted by Crippen LogP contribution is 2.19. The van der Waals surface area contributed by atoms with Crippen LogP contribution in [0.15, 0.2) is 18.2 Å². The molecule has 0 unspecified atom stereocenters. The van der Waals surface area contributed by atoms with Crippen molar-refractivity contribution in [3.63, 3.8) is 0 Å². The Morgan fingerprint density at radius 2 is 2.32 bits per heavy atom. The summed E-state index contributed by atoms with van der Waals surface area (Å²) in [4.78, 5) is 6.80. The highest BCUT2D eigenvalue weighted by molar-refractivity contribution is 5.35. The van der Waals surface area contributed by atoms with E-state index in [4.69, 9.17) is 10.5 Å². The third-order valence-electron chi connectivity index (χ3n) is 4.10. The van der Waals surface area contributed by atoms with E-state index in [1.807, 2.05) is 25.1 Å². The third-order valence-corrected chi connectivity index (χ3v) is 4.10. The van der Waals surface area contributed by atoms with Gasteiger partial charge in [0, 0.05) is 31.7 Å². The molecule has 5 nitrogen and oxygen atoms in total. The lowest BCUT2D eigenvalue weighted by atomic mass is 10.1. The van der Waals surface area contributed by atoms with Crippen molar-refractivity contribution in [1.82, 2.24) is 9.88 Å². The van der Waals surface area contributed by atoms with Gasteiger partial charge in [-0.2, -0.15) is 10.5 Å². The summed E-state index contributed by atoms with van der Waals surface area (Å²) in [6.07, 6.45) is 2.30. The van der Waals surface area contributed by atoms with Gasteiger partial charge >= 0.3 is 0 Å². The van der Waals surface area contributed by atoms with E-state index in [-0.39, 0.29) is 5.92 Å². The maximum Gasteiger partial charge on any atom is 0.126 e. The topological polar surface area (TPSA) is 75.7 Å². The Balaban J connectivity index is 1.73. The average Bonchev–Trinajstić information content (AvgIpc) is 2.97. The Morgan fingerprint density at radius 1 is 1.45 bits per heavy atom. The van der Waals surface area contributed by atoms with Crippen molar-refractivity contribution in [3.8, 4) is 12.1 Å². The highest BCUT2D eigenvalue weighted by atomic mass is 15.2. The van der Waals surface area contributed by atoms with Crippen molar-refractivity contribution in [2.75, 3.05) is 31.5 Å². The molecule has 2 atom stereocenters. The summed E-state index contributed by atoms with van der Waals surface area (Å²) in [6.45, 7) is 5.76. The lowest BCUT2D eigenvalue weighted by Crippen LogP contribution is -2.28. The van der Waals surface area contributed by atoms with E-state index < -0.39 is 0 Å². The minimum atomic E-state index is -0.0233. The normalized spacial score (nSPS) is 19.3. The summed E-state index contributed by atoms with van der Waals surface area (Å²) < 4.78 is 0. The molecular weight excluding hydrogens is 274 g/mol. The zero-order chi connectivity index (χ0) is 15.8. The van der Waals surface area contributed by atoms with Gasteiger partial charge in [-0.15, -0.1) is 0 Å². The molecule has 2 heterocycles. The first-order valence-electron chi connectivity index (χ1n) is 7.87. The first-order chi connectivity index (χ1) is 10.7. The molecule has 0 spiro atoms. The zero-order valence-corrected chi connectivity index (χ0v) is 13.1. The summed E-state index contributed by atoms with van der Waals surface area (Å²) in [5, 5.41) is 21.2. The van der Waals surface area contributed by atoms with E-state index in [0.717, 1.165) is 44.1 Å². The van der Waals surface area contributed by atoms with Crippen LogP contribution in [-0.2, 0) is 0 Å². The van der Waals surface area contributed by atoms with Gasteiger partial charge in [0.1, 0.15) is 5.82 Å². The van der Waals surface area contributed by atoms with Crippen LogP contribution >= 0.6 is 0 Å². The maximum atomic E-state index is 9.15. The Bertz CT molecular complexity index is 557. The van der Waals surface area contributed by atoms with Crippen molar-refractivity contribution in [2.45, 2.75) is 26.2 Å². The number of nitrogens with zero attached hydrogens (tertiary/aromatic N) is 4. The number of likely N-dealkylation sites (tertiary alicyclic amines) is 1. The maximum absolute atomic E-state index is 9.15. The first-order valence-corrected chi connectivity index (χ1v) is 7.87. The minimum Gasteiger partial charge on any atom is -0.370 e. The van der Waals surface area contributed by atoms with E-state index in [2.05, 4.69) is 27.3 Å². The molecule has 1 saturated heterocycles. The number of nitrogens with one attached hydrogen (secondary N) is 1. The van der Waals surface area contributed by atoms with Gasteiger partial charge in [0.25, 0.3) is 0 Å². The predicted octanol–water partition coefficient (Wildman–Crippen LogP) is 2.57. The summed E-state index contributed by atoms with van der Waals surface area (Å²) in [5.74, 6) is 1.50. The van der Waals surface area contributed by atoms with Gasteiger partial charge in [0.2, 0.25) is 0 Å². The van der Waals surface area contributed by atoms with Gasteiger partial charge in [0.15, 0.2) is 0 Å². The van der Waals surface area contributed by atoms with E-state index >= 15 is 0 Å². The van der Waals surface area contributed by atoms with Crippen LogP contribution in [0.2, 0.25) is 0 Å². The molecule has 1 aromatic heterocycles. The Labute approximate surface area is 132 Å². The molecule has 1 aliphatic heterocycles. The molecule has 0 bridgehead atoms. The van der Waals surface area contributed by atoms with Crippen LogP contribution in [0.3, 0.4) is 0 Å². The molecule has 1 aromatic rings. The number of aromatic nitrogens is 1. The van der Waals surface area contributed by atoms with Crippen LogP contribution in [0.1, 0.15) is 25.0 Å². The van der Waals surface area contributed by atoms with Crippen molar-refractivity contribution in [1.29, 1.82) is 10.5 Å². The molecule has 5 heteroatoms. The van der Waals surface area contributed by atoms with E-state index in [0.29, 0.717) is 18.8 Å². The molecule has 0 aromatic carbocycles. The second-order valence-electron chi connectivity index (χ2n) is 5.98. The van der Waals surface area contributed by atoms with Crippen LogP contribution in [-0.4, -0.2) is 36.1 Å². The number of pyridine rings is 1. The fourth-order valence-electron chi connectivity index (χ4n) is 2.88. The summed E-state index contributed by atoms with van der Waals surface area (Å²) in [5.41, 5.74) is 1.02. The second-order valence-corrected chi connectivity index (χ2v) is 5.98. The minimum absolute atomic E-state index is 0.0233. The SMILES string of the molecule is Cc1cccc(NC[C@H]2CCN(C[C@H](C#N)CCC#N)C2)n1. The smallest absolute Gasteiger partial charge is 0.126 e. The molecule has 0 aliphatic carbocycles. The molecule has 22 heavy (non-hydrogen) atoms. The number of rotatable bonds is 7. The van der Waals surface area contributed by atoms with Crippen LogP contribution in [0.5, 0.6) is 0 Å². The van der Waals surface area contributed by atoms with Crippen LogP contribution < -0.4 is 5.32 Å². The standard InChI is InChI=1S/C17H23N5/c1-14-4-2-6-17(21-14)20-11-16-7-9-22(13-16)12-15(10-19)5-3-8-18/h2,4,6,15-16H,3,5,7,9,11-13H2,1H3,(H,20,21)/t15-,16+/m0/s1. The van der Waals surface area contributed by atoms with Crippen LogP contribution in [0.4, 0.5) is 5.82 Å². The average molecular weight is 297 g/mol. The number of nitriles is 2. The molecule has 1 fully saturated rings. The van der Waals surface area contributed by atoms with Crippen molar-refractivity contribution >= 4 is 5.82 Å². The molecule has 0 saturated carbocycles. The van der Waals surface area contributed by atoms with Gasteiger partial charge in [0.05, 0.1) is 18.1 Å². The van der Waals surface area contributed by atoms with Crippen LogP contribution in [0, 0.1) is 41.4 Å². The van der Waals surface area contributed by atoms with Gasteiger partial charge < -0.3 is 10.2 Å².